The van der Waals surface area contributed by atoms with E-state index < -0.39 is 34.8 Å². The van der Waals surface area contributed by atoms with Crippen LogP contribution in [0.15, 0.2) is 36.2 Å². The average molecular weight is 411 g/mol. The first-order valence-electron chi connectivity index (χ1n) is 8.66. The number of carboxylic acid groups (broad SMARTS) is 1. The van der Waals surface area contributed by atoms with Crippen LogP contribution in [0.3, 0.4) is 0 Å². The predicted molar refractivity (Wildman–Crippen MR) is 104 cm³/mol. The van der Waals surface area contributed by atoms with Crippen molar-refractivity contribution in [2.45, 2.75) is 19.4 Å². The molecule has 0 bridgehead atoms. The van der Waals surface area contributed by atoms with Crippen LogP contribution in [0.5, 0.6) is 11.5 Å². The number of phenols is 2. The van der Waals surface area contributed by atoms with Gasteiger partial charge in [0.15, 0.2) is 0 Å². The maximum absolute atomic E-state index is 13.0. The molecule has 0 radical (unpaired) electrons. The number of Topliss-reactive ketones (excluding diaryl/α,β-unsaturated/α-hetero) is 1. The molecule has 1 aromatic carbocycles. The van der Waals surface area contributed by atoms with E-state index in [-0.39, 0.29) is 33.7 Å². The summed E-state index contributed by atoms with van der Waals surface area (Å²) in [7, 11) is 0. The molecule has 0 saturated carbocycles. The molecule has 4 N–H and O–H groups in total. The molecule has 0 aliphatic heterocycles. The summed E-state index contributed by atoms with van der Waals surface area (Å²) >= 11 is 0. The second kappa shape index (κ2) is 7.36. The zero-order valence-corrected chi connectivity index (χ0v) is 15.9. The molecule has 0 unspecified atom stereocenters. The Hall–Kier alpha value is -4.14. The molecule has 2 aromatic rings. The third kappa shape index (κ3) is 3.60. The lowest BCUT2D eigenvalue weighted by Gasteiger charge is -2.31. The van der Waals surface area contributed by atoms with Gasteiger partial charge in [-0.05, 0) is 49.3 Å². The number of nitrogens with zero attached hydrogens (tertiary/aromatic N) is 1. The molecule has 1 heterocycles. The fourth-order valence-corrected chi connectivity index (χ4v) is 3.05. The summed E-state index contributed by atoms with van der Waals surface area (Å²) < 4.78 is 5.29. The van der Waals surface area contributed by atoms with Crippen molar-refractivity contribution >= 4 is 29.9 Å². The van der Waals surface area contributed by atoms with Crippen LogP contribution in [0.2, 0.25) is 0 Å². The number of carbonyl (C=O) groups is 3. The third-order valence-electron chi connectivity index (χ3n) is 4.61. The van der Waals surface area contributed by atoms with Crippen molar-refractivity contribution in [1.29, 1.82) is 0 Å². The van der Waals surface area contributed by atoms with E-state index in [0.29, 0.717) is 0 Å². The van der Waals surface area contributed by atoms with E-state index >= 15 is 0 Å². The number of carboxylic acids is 1. The number of aliphatic hydroxyl groups excluding tert-OH is 1. The summed E-state index contributed by atoms with van der Waals surface area (Å²) in [6.07, 6.45) is 4.51. The van der Waals surface area contributed by atoms with Gasteiger partial charge in [-0.2, -0.15) is 0 Å². The molecule has 154 valence electrons. The molecule has 0 amide bonds. The number of aromatic nitrogens is 1. The Morgan fingerprint density at radius 3 is 2.50 bits per heavy atom. The highest BCUT2D eigenvalue weighted by Gasteiger charge is 2.46. The summed E-state index contributed by atoms with van der Waals surface area (Å²) in [6, 6.07) is 3.60. The molecular weight excluding hydrogens is 394 g/mol. The van der Waals surface area contributed by atoms with Gasteiger partial charge >= 0.3 is 11.9 Å². The number of ether oxygens (including phenoxy) is 1. The third-order valence-corrected chi connectivity index (χ3v) is 4.61. The van der Waals surface area contributed by atoms with Crippen LogP contribution in [-0.2, 0) is 9.53 Å². The zero-order chi connectivity index (χ0) is 22.2. The van der Waals surface area contributed by atoms with Gasteiger partial charge < -0.3 is 25.2 Å². The summed E-state index contributed by atoms with van der Waals surface area (Å²) in [6.45, 7) is 2.66. The lowest BCUT2D eigenvalue weighted by Crippen LogP contribution is -2.44. The highest BCUT2D eigenvalue weighted by atomic mass is 16.6. The SMILES string of the molecule is Cc1cc(O)cc(O)c1C(=O)O[C@@]1(C)C(=O)c2cnc(/C=C/C(=O)O)cc2C=C1O. The summed E-state index contributed by atoms with van der Waals surface area (Å²) in [5, 5.41) is 38.6. The molecule has 9 heteroatoms. The first-order chi connectivity index (χ1) is 14.0. The van der Waals surface area contributed by atoms with Gasteiger partial charge in [0.2, 0.25) is 11.4 Å². The number of rotatable bonds is 4. The number of hydrogen-bond donors (Lipinski definition) is 4. The van der Waals surface area contributed by atoms with Crippen LogP contribution < -0.4 is 0 Å². The monoisotopic (exact) mass is 411 g/mol. The van der Waals surface area contributed by atoms with Crippen molar-refractivity contribution in [2.24, 2.45) is 0 Å². The molecule has 1 atom stereocenters. The fourth-order valence-electron chi connectivity index (χ4n) is 3.05. The van der Waals surface area contributed by atoms with Gasteiger partial charge in [-0.15, -0.1) is 0 Å². The van der Waals surface area contributed by atoms with Crippen molar-refractivity contribution in [3.8, 4) is 11.5 Å². The Bertz CT molecular complexity index is 1120. The molecule has 1 aliphatic rings. The first-order valence-corrected chi connectivity index (χ1v) is 8.66. The molecule has 1 aromatic heterocycles. The van der Waals surface area contributed by atoms with Crippen LogP contribution in [0.4, 0.5) is 0 Å². The Kier molecular flexibility index (Phi) is 5.05. The number of aromatic hydroxyl groups is 2. The van der Waals surface area contributed by atoms with Crippen LogP contribution in [-0.4, -0.2) is 48.7 Å². The van der Waals surface area contributed by atoms with Crippen molar-refractivity contribution in [3.63, 3.8) is 0 Å². The van der Waals surface area contributed by atoms with Crippen LogP contribution in [0.25, 0.3) is 12.2 Å². The number of fused-ring (bicyclic) bond motifs is 1. The quantitative estimate of drug-likeness (QED) is 0.439. The van der Waals surface area contributed by atoms with Crippen molar-refractivity contribution in [2.75, 3.05) is 0 Å². The highest BCUT2D eigenvalue weighted by Crippen LogP contribution is 2.36. The molecule has 1 aliphatic carbocycles. The average Bonchev–Trinajstić information content (AvgIpc) is 2.64. The van der Waals surface area contributed by atoms with E-state index in [1.54, 1.807) is 0 Å². The minimum absolute atomic E-state index is 0.0576. The van der Waals surface area contributed by atoms with E-state index in [9.17, 15) is 29.7 Å². The van der Waals surface area contributed by atoms with Crippen LogP contribution in [0, 0.1) is 6.92 Å². The predicted octanol–water partition coefficient (Wildman–Crippen LogP) is 2.61. The maximum atomic E-state index is 13.0. The van der Waals surface area contributed by atoms with E-state index in [0.717, 1.165) is 12.1 Å². The first kappa shape index (κ1) is 20.6. The number of pyridine rings is 1. The van der Waals surface area contributed by atoms with Crippen LogP contribution >= 0.6 is 0 Å². The Labute approximate surface area is 170 Å². The molecule has 30 heavy (non-hydrogen) atoms. The largest absolute Gasteiger partial charge is 0.508 e. The van der Waals surface area contributed by atoms with Gasteiger partial charge in [0, 0.05) is 23.9 Å². The Morgan fingerprint density at radius 2 is 1.87 bits per heavy atom. The van der Waals surface area contributed by atoms with Crippen LogP contribution in [0.1, 0.15) is 44.5 Å². The second-order valence-corrected chi connectivity index (χ2v) is 6.81. The van der Waals surface area contributed by atoms with Crippen molar-refractivity contribution < 1.29 is 39.5 Å². The molecule has 0 spiro atoms. The van der Waals surface area contributed by atoms with Gasteiger partial charge in [-0.1, -0.05) is 0 Å². The number of ketones is 1. The highest BCUT2D eigenvalue weighted by molar-refractivity contribution is 6.11. The summed E-state index contributed by atoms with van der Waals surface area (Å²) in [5.41, 5.74) is -1.53. The van der Waals surface area contributed by atoms with Gasteiger partial charge in [-0.3, -0.25) is 9.78 Å². The summed E-state index contributed by atoms with van der Waals surface area (Å²) in [5.74, 6) is -4.33. The molecular formula is C21H17NO8. The number of carbonyl (C=O) groups excluding carboxylic acids is 2. The number of benzene rings is 1. The number of aliphatic hydroxyl groups is 1. The van der Waals surface area contributed by atoms with E-state index in [1.807, 2.05) is 0 Å². The van der Waals surface area contributed by atoms with E-state index in [4.69, 9.17) is 9.84 Å². The molecule has 3 rings (SSSR count). The number of aliphatic carboxylic acids is 1. The number of esters is 1. The minimum Gasteiger partial charge on any atom is -0.508 e. The zero-order valence-electron chi connectivity index (χ0n) is 15.9. The van der Waals surface area contributed by atoms with E-state index in [2.05, 4.69) is 4.98 Å². The number of phenolic OH excluding ortho intramolecular Hbond substituents is 2. The second-order valence-electron chi connectivity index (χ2n) is 6.81. The van der Waals surface area contributed by atoms with Gasteiger partial charge in [0.05, 0.1) is 5.69 Å². The topological polar surface area (TPSA) is 154 Å². The molecule has 0 saturated heterocycles. The minimum atomic E-state index is -2.07. The van der Waals surface area contributed by atoms with Crippen molar-refractivity contribution in [1.82, 2.24) is 4.98 Å². The summed E-state index contributed by atoms with van der Waals surface area (Å²) in [4.78, 5) is 40.3. The smallest absolute Gasteiger partial charge is 0.343 e. The lowest BCUT2D eigenvalue weighted by molar-refractivity contribution is -0.131. The van der Waals surface area contributed by atoms with Gasteiger partial charge in [0.25, 0.3) is 0 Å². The molecule has 0 fully saturated rings. The van der Waals surface area contributed by atoms with Crippen molar-refractivity contribution in [3.05, 3.63) is 64.2 Å². The Balaban J connectivity index is 1.97. The Morgan fingerprint density at radius 1 is 1.17 bits per heavy atom. The lowest BCUT2D eigenvalue weighted by atomic mass is 9.84. The fraction of sp³-hybridized carbons (Fsp3) is 0.143. The normalized spacial score (nSPS) is 18.1. The number of hydrogen-bond acceptors (Lipinski definition) is 8. The van der Waals surface area contributed by atoms with Gasteiger partial charge in [-0.25, -0.2) is 9.59 Å². The molecule has 9 nitrogen and oxygen atoms in total. The maximum Gasteiger partial charge on any atom is 0.343 e. The standard InChI is InChI=1S/C21H17NO8/c1-10-5-13(23)8-15(24)18(10)20(29)30-21(2)16(25)7-11-6-12(3-4-17(26)27)22-9-14(11)19(21)28/h3-9,23-25H,1-2H3,(H,26,27)/b4-3+/t21-/m1/s1. The van der Waals surface area contributed by atoms with Gasteiger partial charge in [0.1, 0.15) is 22.8 Å². The number of aryl methyl sites for hydroxylation is 1. The van der Waals surface area contributed by atoms with E-state index in [1.165, 1.54) is 44.3 Å².